The van der Waals surface area contributed by atoms with Crippen molar-refractivity contribution in [1.29, 1.82) is 0 Å². The lowest BCUT2D eigenvalue weighted by molar-refractivity contribution is -0.149. The minimum absolute atomic E-state index is 0.0599. The number of esters is 1. The number of ether oxygens (including phenoxy) is 1. The Hall–Kier alpha value is -2.09. The van der Waals surface area contributed by atoms with Crippen molar-refractivity contribution in [2.24, 2.45) is 11.8 Å². The summed E-state index contributed by atoms with van der Waals surface area (Å²) < 4.78 is 5.59. The largest absolute Gasteiger partial charge is 0.465 e. The maximum Gasteiger partial charge on any atom is 0.308 e. The summed E-state index contributed by atoms with van der Waals surface area (Å²) in [5.74, 6) is 1.03. The molecule has 2 aromatic rings. The third-order valence-electron chi connectivity index (χ3n) is 5.33. The quantitative estimate of drug-likeness (QED) is 0.781. The van der Waals surface area contributed by atoms with E-state index in [0.29, 0.717) is 24.4 Å². The van der Waals surface area contributed by atoms with Crippen molar-refractivity contribution in [3.8, 4) is 0 Å². The van der Waals surface area contributed by atoms with E-state index in [-0.39, 0.29) is 11.9 Å². The highest BCUT2D eigenvalue weighted by Gasteiger charge is 2.43. The van der Waals surface area contributed by atoms with Crippen LogP contribution in [0.25, 0.3) is 0 Å². The number of benzene rings is 2. The Morgan fingerprint density at radius 3 is 2.04 bits per heavy atom. The molecule has 3 aliphatic rings. The molecule has 0 N–H and O–H groups in total. The van der Waals surface area contributed by atoms with Gasteiger partial charge in [-0.3, -0.25) is 4.79 Å². The molecule has 2 aromatic carbocycles. The fourth-order valence-electron chi connectivity index (χ4n) is 4.28. The van der Waals surface area contributed by atoms with E-state index >= 15 is 0 Å². The summed E-state index contributed by atoms with van der Waals surface area (Å²) in [5.41, 5.74) is 5.77. The first kappa shape index (κ1) is 14.5. The van der Waals surface area contributed by atoms with Gasteiger partial charge in [0.05, 0.1) is 12.5 Å². The second kappa shape index (κ2) is 5.52. The van der Waals surface area contributed by atoms with Crippen molar-refractivity contribution in [3.63, 3.8) is 0 Å². The molecule has 2 bridgehead atoms. The normalized spacial score (nSPS) is 24.2. The molecule has 3 aliphatic carbocycles. The van der Waals surface area contributed by atoms with E-state index in [0.717, 1.165) is 6.42 Å². The van der Waals surface area contributed by atoms with Crippen molar-refractivity contribution in [2.45, 2.75) is 32.1 Å². The molecule has 2 heteroatoms. The summed E-state index contributed by atoms with van der Waals surface area (Å²) in [6.45, 7) is 4.31. The van der Waals surface area contributed by atoms with Gasteiger partial charge in [-0.05, 0) is 28.7 Å². The maximum absolute atomic E-state index is 11.9. The Morgan fingerprint density at radius 1 is 1.00 bits per heavy atom. The van der Waals surface area contributed by atoms with Crippen LogP contribution in [0.3, 0.4) is 0 Å². The van der Waals surface area contributed by atoms with E-state index < -0.39 is 0 Å². The molecule has 23 heavy (non-hydrogen) atoms. The van der Waals surface area contributed by atoms with Crippen LogP contribution in [-0.4, -0.2) is 12.6 Å². The predicted octanol–water partition coefficient (Wildman–Crippen LogP) is 4.48. The lowest BCUT2D eigenvalue weighted by Crippen LogP contribution is -2.35. The molecule has 0 aromatic heterocycles. The summed E-state index contributed by atoms with van der Waals surface area (Å²) >= 11 is 0. The summed E-state index contributed by atoms with van der Waals surface area (Å²) in [6.07, 6.45) is 1.07. The van der Waals surface area contributed by atoms with Crippen LogP contribution in [-0.2, 0) is 9.53 Å². The van der Waals surface area contributed by atoms with Crippen LogP contribution in [0, 0.1) is 11.8 Å². The molecule has 5 rings (SSSR count). The number of fused-ring (bicyclic) bond motifs is 1. The van der Waals surface area contributed by atoms with E-state index in [2.05, 4.69) is 48.5 Å². The van der Waals surface area contributed by atoms with Crippen LogP contribution in [0.1, 0.15) is 54.4 Å². The average molecular weight is 306 g/mol. The molecule has 0 aliphatic heterocycles. The Kier molecular flexibility index (Phi) is 3.48. The molecule has 0 saturated heterocycles. The standard InChI is InChI=1S/C21H22O2/c1-13(2)21(22)23-12-14-11-19-15-7-3-5-9-17(15)20(14)18-10-6-4-8-16(18)19/h3-10,13-14,19-20H,11-12H2,1-2H3/t14-,19?,20?/m0/s1. The van der Waals surface area contributed by atoms with Gasteiger partial charge in [-0.1, -0.05) is 62.4 Å². The fourth-order valence-corrected chi connectivity index (χ4v) is 4.28. The summed E-state index contributed by atoms with van der Waals surface area (Å²) in [7, 11) is 0. The van der Waals surface area contributed by atoms with Gasteiger partial charge in [0.1, 0.15) is 0 Å². The third-order valence-corrected chi connectivity index (χ3v) is 5.33. The predicted molar refractivity (Wildman–Crippen MR) is 90.5 cm³/mol. The molecular weight excluding hydrogens is 284 g/mol. The van der Waals surface area contributed by atoms with Crippen LogP contribution >= 0.6 is 0 Å². The molecule has 2 nitrogen and oxygen atoms in total. The van der Waals surface area contributed by atoms with Crippen LogP contribution in [0.4, 0.5) is 0 Å². The molecule has 0 amide bonds. The zero-order valence-corrected chi connectivity index (χ0v) is 13.7. The first-order valence-electron chi connectivity index (χ1n) is 8.51. The Morgan fingerprint density at radius 2 is 1.52 bits per heavy atom. The number of rotatable bonds is 3. The molecule has 1 atom stereocenters. The smallest absolute Gasteiger partial charge is 0.308 e. The average Bonchev–Trinajstić information content (AvgIpc) is 2.59. The van der Waals surface area contributed by atoms with Gasteiger partial charge >= 0.3 is 5.97 Å². The number of hydrogen-bond donors (Lipinski definition) is 0. The van der Waals surface area contributed by atoms with E-state index in [1.54, 1.807) is 0 Å². The maximum atomic E-state index is 11.9. The molecular formula is C21H22O2. The summed E-state index contributed by atoms with van der Waals surface area (Å²) in [6, 6.07) is 17.5. The first-order valence-corrected chi connectivity index (χ1v) is 8.51. The lowest BCUT2D eigenvalue weighted by atomic mass is 9.59. The topological polar surface area (TPSA) is 26.3 Å². The molecule has 0 saturated carbocycles. The van der Waals surface area contributed by atoms with Crippen LogP contribution in [0.15, 0.2) is 48.5 Å². The molecule has 0 unspecified atom stereocenters. The van der Waals surface area contributed by atoms with Crippen molar-refractivity contribution in [3.05, 3.63) is 70.8 Å². The van der Waals surface area contributed by atoms with Crippen LogP contribution < -0.4 is 0 Å². The van der Waals surface area contributed by atoms with Gasteiger partial charge in [0, 0.05) is 17.8 Å². The molecule has 0 spiro atoms. The molecule has 118 valence electrons. The summed E-state index contributed by atoms with van der Waals surface area (Å²) in [4.78, 5) is 11.9. The summed E-state index contributed by atoms with van der Waals surface area (Å²) in [5, 5.41) is 0. The molecule has 0 heterocycles. The third kappa shape index (κ3) is 2.28. The number of hydrogen-bond acceptors (Lipinski definition) is 2. The zero-order chi connectivity index (χ0) is 16.0. The van der Waals surface area contributed by atoms with Crippen molar-refractivity contribution in [2.75, 3.05) is 6.61 Å². The highest BCUT2D eigenvalue weighted by molar-refractivity contribution is 5.71. The fraction of sp³-hybridized carbons (Fsp3) is 0.381. The van der Waals surface area contributed by atoms with E-state index in [4.69, 9.17) is 4.74 Å². The van der Waals surface area contributed by atoms with Crippen molar-refractivity contribution < 1.29 is 9.53 Å². The van der Waals surface area contributed by atoms with E-state index in [1.165, 1.54) is 22.3 Å². The minimum atomic E-state index is -0.0898. The minimum Gasteiger partial charge on any atom is -0.465 e. The number of carbonyl (C=O) groups excluding carboxylic acids is 1. The Labute approximate surface area is 137 Å². The van der Waals surface area contributed by atoms with Gasteiger partial charge in [0.15, 0.2) is 0 Å². The Bertz CT molecular complexity index is 700. The second-order valence-electron chi connectivity index (χ2n) is 7.07. The first-order chi connectivity index (χ1) is 11.2. The highest BCUT2D eigenvalue weighted by atomic mass is 16.5. The second-order valence-corrected chi connectivity index (χ2v) is 7.07. The Balaban J connectivity index is 1.70. The monoisotopic (exact) mass is 306 g/mol. The molecule has 0 fully saturated rings. The lowest BCUT2D eigenvalue weighted by Gasteiger charge is -2.45. The van der Waals surface area contributed by atoms with Gasteiger partial charge < -0.3 is 4.74 Å². The highest BCUT2D eigenvalue weighted by Crippen LogP contribution is 2.55. The van der Waals surface area contributed by atoms with Gasteiger partial charge in [0.25, 0.3) is 0 Å². The van der Waals surface area contributed by atoms with Crippen molar-refractivity contribution >= 4 is 5.97 Å². The SMILES string of the molecule is CC(C)C(=O)OC[C@@H]1CC2c3ccccc3C1c1ccccc12. The van der Waals surface area contributed by atoms with Crippen LogP contribution in [0.5, 0.6) is 0 Å². The van der Waals surface area contributed by atoms with Gasteiger partial charge in [-0.25, -0.2) is 0 Å². The zero-order valence-electron chi connectivity index (χ0n) is 13.7. The van der Waals surface area contributed by atoms with E-state index in [9.17, 15) is 4.79 Å². The van der Waals surface area contributed by atoms with Crippen LogP contribution in [0.2, 0.25) is 0 Å². The van der Waals surface area contributed by atoms with Crippen molar-refractivity contribution in [1.82, 2.24) is 0 Å². The van der Waals surface area contributed by atoms with Gasteiger partial charge in [-0.2, -0.15) is 0 Å². The molecule has 0 radical (unpaired) electrons. The number of carbonyl (C=O) groups is 1. The van der Waals surface area contributed by atoms with Gasteiger partial charge in [-0.15, -0.1) is 0 Å². The van der Waals surface area contributed by atoms with E-state index in [1.807, 2.05) is 13.8 Å². The van der Waals surface area contributed by atoms with Gasteiger partial charge in [0.2, 0.25) is 0 Å².